The smallest absolute Gasteiger partial charge is 0.252 e. The molecule has 0 aromatic heterocycles. The minimum Gasteiger partial charge on any atom is -0.497 e. The van der Waals surface area contributed by atoms with Gasteiger partial charge in [0.2, 0.25) is 0 Å². The maximum atomic E-state index is 12.5. The van der Waals surface area contributed by atoms with Gasteiger partial charge in [0, 0.05) is 6.04 Å². The molecule has 0 aliphatic rings. The number of carbonyl (C=O) groups is 1. The maximum Gasteiger partial charge on any atom is 0.252 e. The summed E-state index contributed by atoms with van der Waals surface area (Å²) in [5.74, 6) is 0.410. The first-order valence-electron chi connectivity index (χ1n) is 8.63. The molecule has 5 nitrogen and oxygen atoms in total. The summed E-state index contributed by atoms with van der Waals surface area (Å²) in [6.07, 6.45) is 1.56. The van der Waals surface area contributed by atoms with Crippen LogP contribution in [0.2, 0.25) is 0 Å². The number of nitrogens with one attached hydrogen (secondary N) is 1. The molecule has 1 atom stereocenters. The standard InChI is InChI=1S/C20H25NO4S/c1-4-26(23,24)19-8-6-5-7-18(19)20(22)21-15(2)9-10-16-11-13-17(25-3)14-12-16/h5-8,11-15H,4,9-10H2,1-3H3,(H,21,22). The molecule has 1 unspecified atom stereocenters. The number of amides is 1. The van der Waals surface area contributed by atoms with E-state index in [4.69, 9.17) is 4.74 Å². The third-order valence-corrected chi connectivity index (χ3v) is 6.04. The van der Waals surface area contributed by atoms with Crippen LogP contribution in [-0.4, -0.2) is 33.2 Å². The molecule has 2 aromatic rings. The van der Waals surface area contributed by atoms with E-state index < -0.39 is 9.84 Å². The van der Waals surface area contributed by atoms with Gasteiger partial charge in [-0.15, -0.1) is 0 Å². The second-order valence-electron chi connectivity index (χ2n) is 6.16. The Morgan fingerprint density at radius 2 is 1.77 bits per heavy atom. The van der Waals surface area contributed by atoms with Crippen LogP contribution in [0.25, 0.3) is 0 Å². The largest absolute Gasteiger partial charge is 0.497 e. The van der Waals surface area contributed by atoms with Gasteiger partial charge in [-0.2, -0.15) is 0 Å². The summed E-state index contributed by atoms with van der Waals surface area (Å²) in [5, 5.41) is 2.90. The van der Waals surface area contributed by atoms with E-state index in [1.165, 1.54) is 6.07 Å². The molecule has 0 heterocycles. The monoisotopic (exact) mass is 375 g/mol. The molecule has 140 valence electrons. The zero-order chi connectivity index (χ0) is 19.2. The van der Waals surface area contributed by atoms with Crippen molar-refractivity contribution in [1.29, 1.82) is 0 Å². The molecule has 0 aliphatic carbocycles. The third-order valence-electron chi connectivity index (χ3n) is 4.25. The number of rotatable bonds is 8. The molecule has 0 saturated heterocycles. The molecule has 2 aromatic carbocycles. The first kappa shape index (κ1) is 20.0. The Kier molecular flexibility index (Phi) is 6.80. The van der Waals surface area contributed by atoms with E-state index in [2.05, 4.69) is 5.32 Å². The predicted octanol–water partition coefficient (Wildman–Crippen LogP) is 3.24. The summed E-state index contributed by atoms with van der Waals surface area (Å²) in [6, 6.07) is 14.1. The lowest BCUT2D eigenvalue weighted by atomic mass is 10.1. The average molecular weight is 375 g/mol. The van der Waals surface area contributed by atoms with Crippen molar-refractivity contribution in [2.45, 2.75) is 37.6 Å². The van der Waals surface area contributed by atoms with Gasteiger partial charge in [0.15, 0.2) is 9.84 Å². The van der Waals surface area contributed by atoms with Crippen LogP contribution in [0.3, 0.4) is 0 Å². The number of aryl methyl sites for hydroxylation is 1. The third kappa shape index (κ3) is 5.08. The molecule has 0 bridgehead atoms. The Morgan fingerprint density at radius 1 is 1.12 bits per heavy atom. The Balaban J connectivity index is 2.01. The highest BCUT2D eigenvalue weighted by atomic mass is 32.2. The Hall–Kier alpha value is -2.34. The molecule has 0 saturated carbocycles. The van der Waals surface area contributed by atoms with Crippen molar-refractivity contribution in [2.75, 3.05) is 12.9 Å². The molecule has 26 heavy (non-hydrogen) atoms. The van der Waals surface area contributed by atoms with Crippen LogP contribution in [-0.2, 0) is 16.3 Å². The molecule has 0 spiro atoms. The van der Waals surface area contributed by atoms with Gasteiger partial charge in [-0.3, -0.25) is 4.79 Å². The van der Waals surface area contributed by atoms with Crippen molar-refractivity contribution in [1.82, 2.24) is 5.32 Å². The summed E-state index contributed by atoms with van der Waals surface area (Å²) in [5.41, 5.74) is 1.35. The second kappa shape index (κ2) is 8.85. The van der Waals surface area contributed by atoms with Crippen LogP contribution < -0.4 is 10.1 Å². The number of sulfone groups is 1. The number of benzene rings is 2. The highest BCUT2D eigenvalue weighted by Crippen LogP contribution is 2.18. The summed E-state index contributed by atoms with van der Waals surface area (Å²) in [7, 11) is -1.82. The molecular weight excluding hydrogens is 350 g/mol. The van der Waals surface area contributed by atoms with Crippen LogP contribution in [0, 0.1) is 0 Å². The van der Waals surface area contributed by atoms with Gasteiger partial charge in [0.05, 0.1) is 23.3 Å². The molecule has 1 N–H and O–H groups in total. The van der Waals surface area contributed by atoms with Crippen LogP contribution in [0.4, 0.5) is 0 Å². The van der Waals surface area contributed by atoms with Gasteiger partial charge in [0.1, 0.15) is 5.75 Å². The fraction of sp³-hybridized carbons (Fsp3) is 0.350. The predicted molar refractivity (Wildman–Crippen MR) is 102 cm³/mol. The van der Waals surface area contributed by atoms with Crippen molar-refractivity contribution in [3.8, 4) is 5.75 Å². The first-order valence-corrected chi connectivity index (χ1v) is 10.3. The number of hydrogen-bond donors (Lipinski definition) is 1. The minimum atomic E-state index is -3.44. The maximum absolute atomic E-state index is 12.5. The molecular formula is C20H25NO4S. The molecule has 0 radical (unpaired) electrons. The van der Waals surface area contributed by atoms with Crippen molar-refractivity contribution in [3.05, 3.63) is 59.7 Å². The van der Waals surface area contributed by atoms with E-state index in [0.717, 1.165) is 24.2 Å². The minimum absolute atomic E-state index is 0.0374. The highest BCUT2D eigenvalue weighted by Gasteiger charge is 2.21. The van der Waals surface area contributed by atoms with Gasteiger partial charge < -0.3 is 10.1 Å². The summed E-state index contributed by atoms with van der Waals surface area (Å²) >= 11 is 0. The van der Waals surface area contributed by atoms with E-state index in [1.54, 1.807) is 32.2 Å². The lowest BCUT2D eigenvalue weighted by molar-refractivity contribution is 0.0935. The van der Waals surface area contributed by atoms with Crippen LogP contribution in [0.15, 0.2) is 53.4 Å². The van der Waals surface area contributed by atoms with Gasteiger partial charge in [-0.1, -0.05) is 31.2 Å². The van der Waals surface area contributed by atoms with Gasteiger partial charge in [-0.05, 0) is 49.6 Å². The van der Waals surface area contributed by atoms with E-state index in [9.17, 15) is 13.2 Å². The van der Waals surface area contributed by atoms with Crippen LogP contribution >= 0.6 is 0 Å². The summed E-state index contributed by atoms with van der Waals surface area (Å²) in [4.78, 5) is 12.6. The molecule has 2 rings (SSSR count). The number of carbonyl (C=O) groups excluding carboxylic acids is 1. The Morgan fingerprint density at radius 3 is 2.38 bits per heavy atom. The van der Waals surface area contributed by atoms with Gasteiger partial charge >= 0.3 is 0 Å². The SMILES string of the molecule is CCS(=O)(=O)c1ccccc1C(=O)NC(C)CCc1ccc(OC)cc1. The number of methoxy groups -OCH3 is 1. The van der Waals surface area contributed by atoms with Crippen molar-refractivity contribution >= 4 is 15.7 Å². The van der Waals surface area contributed by atoms with Gasteiger partial charge in [-0.25, -0.2) is 8.42 Å². The lowest BCUT2D eigenvalue weighted by Gasteiger charge is -2.16. The summed E-state index contributed by atoms with van der Waals surface area (Å²) in [6.45, 7) is 3.49. The van der Waals surface area contributed by atoms with E-state index in [1.807, 2.05) is 31.2 Å². The summed E-state index contributed by atoms with van der Waals surface area (Å²) < 4.78 is 29.5. The van der Waals surface area contributed by atoms with Crippen molar-refractivity contribution in [3.63, 3.8) is 0 Å². The zero-order valence-corrected chi connectivity index (χ0v) is 16.2. The van der Waals surface area contributed by atoms with Crippen LogP contribution in [0.1, 0.15) is 36.2 Å². The topological polar surface area (TPSA) is 72.5 Å². The molecule has 0 fully saturated rings. The van der Waals surface area contributed by atoms with Gasteiger partial charge in [0.25, 0.3) is 5.91 Å². The Bertz CT molecular complexity index is 844. The average Bonchev–Trinajstić information content (AvgIpc) is 2.66. The normalized spacial score (nSPS) is 12.4. The molecule has 6 heteroatoms. The van der Waals surface area contributed by atoms with E-state index in [-0.39, 0.29) is 28.2 Å². The fourth-order valence-electron chi connectivity index (χ4n) is 2.63. The number of hydrogen-bond acceptors (Lipinski definition) is 4. The Labute approximate surface area is 155 Å². The first-order chi connectivity index (χ1) is 12.4. The molecule has 0 aliphatic heterocycles. The lowest BCUT2D eigenvalue weighted by Crippen LogP contribution is -2.33. The van der Waals surface area contributed by atoms with Crippen molar-refractivity contribution in [2.24, 2.45) is 0 Å². The van der Waals surface area contributed by atoms with E-state index >= 15 is 0 Å². The van der Waals surface area contributed by atoms with Crippen molar-refractivity contribution < 1.29 is 17.9 Å². The second-order valence-corrected chi connectivity index (χ2v) is 8.41. The number of ether oxygens (including phenoxy) is 1. The van der Waals surface area contributed by atoms with E-state index in [0.29, 0.717) is 0 Å². The highest BCUT2D eigenvalue weighted by molar-refractivity contribution is 7.91. The fourth-order valence-corrected chi connectivity index (χ4v) is 3.72. The quantitative estimate of drug-likeness (QED) is 0.769. The van der Waals surface area contributed by atoms with Crippen LogP contribution in [0.5, 0.6) is 5.75 Å². The zero-order valence-electron chi connectivity index (χ0n) is 15.4. The molecule has 1 amide bonds.